The van der Waals surface area contributed by atoms with Gasteiger partial charge < -0.3 is 20.0 Å². The van der Waals surface area contributed by atoms with Crippen molar-refractivity contribution in [2.24, 2.45) is 10.9 Å². The number of likely N-dealkylation sites (tertiary alicyclic amines) is 1. The summed E-state index contributed by atoms with van der Waals surface area (Å²) in [5.74, 6) is -0.542. The molecule has 0 spiro atoms. The molecule has 0 aliphatic carbocycles. The Hall–Kier alpha value is -3.42. The second-order valence-electron chi connectivity index (χ2n) is 9.99. The number of carbonyl (C=O) groups is 1. The predicted molar refractivity (Wildman–Crippen MR) is 143 cm³/mol. The van der Waals surface area contributed by atoms with E-state index in [-0.39, 0.29) is 22.6 Å². The number of halogens is 2. The highest BCUT2D eigenvalue weighted by atomic mass is 35.5. The first-order valence-corrected chi connectivity index (χ1v) is 13.1. The van der Waals surface area contributed by atoms with Crippen LogP contribution in [0.5, 0.6) is 5.88 Å². The second-order valence-corrected chi connectivity index (χ2v) is 10.4. The van der Waals surface area contributed by atoms with Crippen LogP contribution < -0.4 is 10.8 Å². The minimum Gasteiger partial charge on any atom is -0.494 e. The van der Waals surface area contributed by atoms with E-state index in [1.54, 1.807) is 30.3 Å². The first kappa shape index (κ1) is 23.9. The summed E-state index contributed by atoms with van der Waals surface area (Å²) in [7, 11) is 0. The molecule has 8 heteroatoms. The molecule has 190 valence electrons. The van der Waals surface area contributed by atoms with Gasteiger partial charge in [-0.1, -0.05) is 35.9 Å². The lowest BCUT2D eigenvalue weighted by atomic mass is 9.91. The molecule has 0 saturated carbocycles. The molecule has 2 aliphatic rings. The maximum Gasteiger partial charge on any atom is 0.196 e. The van der Waals surface area contributed by atoms with Gasteiger partial charge in [0.15, 0.2) is 11.7 Å². The van der Waals surface area contributed by atoms with Gasteiger partial charge >= 0.3 is 0 Å². The number of Topliss-reactive ketones (excluding diaryl/α,β-unsaturated/α-hetero) is 1. The smallest absolute Gasteiger partial charge is 0.196 e. The first-order valence-electron chi connectivity index (χ1n) is 12.7. The molecule has 0 amide bonds. The van der Waals surface area contributed by atoms with Gasteiger partial charge in [-0.3, -0.25) is 9.79 Å². The molecule has 4 aromatic rings. The predicted octanol–water partition coefficient (Wildman–Crippen LogP) is 4.72. The number of aromatic amines is 2. The lowest BCUT2D eigenvalue weighted by Gasteiger charge is -2.20. The summed E-state index contributed by atoms with van der Waals surface area (Å²) in [6, 6.07) is 10.3. The van der Waals surface area contributed by atoms with Gasteiger partial charge in [0.1, 0.15) is 11.3 Å². The van der Waals surface area contributed by atoms with Crippen LogP contribution in [0.3, 0.4) is 0 Å². The van der Waals surface area contributed by atoms with Gasteiger partial charge in [0.2, 0.25) is 0 Å². The van der Waals surface area contributed by atoms with E-state index in [1.807, 2.05) is 13.0 Å². The molecule has 6 rings (SSSR count). The van der Waals surface area contributed by atoms with Crippen molar-refractivity contribution in [2.75, 3.05) is 26.2 Å². The standard InChI is InChI=1S/C29H28ClFN4O2/c1-16-23(33-28-24(16)27(36)17(15-32-28)10-13-35-11-2-3-12-35)14-20-25-18(6-5-9-22(25)34-29(20)37)19-7-4-8-21(30)26(19)31/h4-9,14,17,34,37H,2-3,10-13,15H2,1H3,(H,32,33). The van der Waals surface area contributed by atoms with Crippen molar-refractivity contribution in [3.63, 3.8) is 0 Å². The summed E-state index contributed by atoms with van der Waals surface area (Å²) < 4.78 is 15.0. The fraction of sp³-hybridized carbons (Fsp3) is 0.310. The summed E-state index contributed by atoms with van der Waals surface area (Å²) in [4.78, 5) is 26.8. The van der Waals surface area contributed by atoms with Crippen LogP contribution in [0.25, 0.3) is 28.1 Å². The van der Waals surface area contributed by atoms with Gasteiger partial charge in [-0.15, -0.1) is 0 Å². The molecule has 1 unspecified atom stereocenters. The number of nitrogens with one attached hydrogen (secondary N) is 2. The van der Waals surface area contributed by atoms with Crippen molar-refractivity contribution in [3.8, 4) is 17.0 Å². The van der Waals surface area contributed by atoms with Crippen molar-refractivity contribution in [1.29, 1.82) is 0 Å². The number of benzene rings is 2. The average Bonchev–Trinajstić information content (AvgIpc) is 3.59. The third kappa shape index (κ3) is 4.16. The van der Waals surface area contributed by atoms with Crippen molar-refractivity contribution in [1.82, 2.24) is 14.9 Å². The van der Waals surface area contributed by atoms with E-state index >= 15 is 0 Å². The van der Waals surface area contributed by atoms with Crippen molar-refractivity contribution < 1.29 is 14.3 Å². The Morgan fingerprint density at radius 2 is 1.92 bits per heavy atom. The molecule has 0 radical (unpaired) electrons. The Morgan fingerprint density at radius 3 is 2.73 bits per heavy atom. The number of rotatable bonds is 5. The maximum atomic E-state index is 15.0. The summed E-state index contributed by atoms with van der Waals surface area (Å²) in [5.41, 5.74) is 4.14. The summed E-state index contributed by atoms with van der Waals surface area (Å²) in [6.07, 6.45) is 5.07. The van der Waals surface area contributed by atoms with Gasteiger partial charge in [-0.05, 0) is 75.2 Å². The van der Waals surface area contributed by atoms with Gasteiger partial charge in [-0.2, -0.15) is 0 Å². The van der Waals surface area contributed by atoms with Crippen LogP contribution in [-0.4, -0.2) is 51.9 Å². The topological polar surface area (TPSA) is 84.5 Å². The number of ketones is 1. The molecule has 2 aromatic heterocycles. The Balaban J connectivity index is 1.42. The van der Waals surface area contributed by atoms with Crippen LogP contribution in [0, 0.1) is 18.7 Å². The van der Waals surface area contributed by atoms with Crippen molar-refractivity contribution >= 4 is 34.4 Å². The van der Waals surface area contributed by atoms with Gasteiger partial charge in [0.25, 0.3) is 0 Å². The molecular weight excluding hydrogens is 491 g/mol. The summed E-state index contributed by atoms with van der Waals surface area (Å²) in [5, 5.41) is 12.2. The first-order chi connectivity index (χ1) is 17.9. The van der Waals surface area contributed by atoms with E-state index in [4.69, 9.17) is 16.6 Å². The lowest BCUT2D eigenvalue weighted by Crippen LogP contribution is -2.33. The van der Waals surface area contributed by atoms with Crippen LogP contribution >= 0.6 is 11.6 Å². The second kappa shape index (κ2) is 9.47. The van der Waals surface area contributed by atoms with Crippen LogP contribution in [0.1, 0.15) is 40.7 Å². The van der Waals surface area contributed by atoms with E-state index in [9.17, 15) is 14.3 Å². The molecule has 0 bridgehead atoms. The Labute approximate surface area is 218 Å². The molecule has 1 atom stereocenters. The summed E-state index contributed by atoms with van der Waals surface area (Å²) >= 11 is 6.06. The highest BCUT2D eigenvalue weighted by Gasteiger charge is 2.29. The number of aromatic nitrogens is 2. The number of aromatic hydroxyl groups is 1. The third-order valence-corrected chi connectivity index (χ3v) is 8.01. The molecule has 2 aromatic carbocycles. The molecule has 37 heavy (non-hydrogen) atoms. The Kier molecular flexibility index (Phi) is 6.13. The molecule has 1 fully saturated rings. The largest absolute Gasteiger partial charge is 0.494 e. The average molecular weight is 519 g/mol. The van der Waals surface area contributed by atoms with E-state index in [1.165, 1.54) is 18.9 Å². The zero-order valence-corrected chi connectivity index (χ0v) is 21.3. The normalized spacial score (nSPS) is 18.5. The zero-order chi connectivity index (χ0) is 25.7. The molecule has 2 aliphatic heterocycles. The monoisotopic (exact) mass is 518 g/mol. The molecule has 6 nitrogen and oxygen atoms in total. The van der Waals surface area contributed by atoms with E-state index in [0.29, 0.717) is 50.5 Å². The zero-order valence-electron chi connectivity index (χ0n) is 20.6. The maximum absolute atomic E-state index is 15.0. The third-order valence-electron chi connectivity index (χ3n) is 7.72. The van der Waals surface area contributed by atoms with Crippen LogP contribution in [0.2, 0.25) is 5.02 Å². The molecular formula is C29H28ClFN4O2. The fourth-order valence-electron chi connectivity index (χ4n) is 5.70. The van der Waals surface area contributed by atoms with Crippen LogP contribution in [0.4, 0.5) is 4.39 Å². The van der Waals surface area contributed by atoms with Crippen molar-refractivity contribution in [2.45, 2.75) is 26.2 Å². The van der Waals surface area contributed by atoms with Crippen LogP contribution in [-0.2, 0) is 0 Å². The van der Waals surface area contributed by atoms with E-state index < -0.39 is 5.82 Å². The molecule has 4 heterocycles. The van der Waals surface area contributed by atoms with Crippen molar-refractivity contribution in [3.05, 3.63) is 74.8 Å². The number of hydrogen-bond donors (Lipinski definition) is 3. The minimum absolute atomic E-state index is 0.0343. The number of hydrogen-bond acceptors (Lipinski definition) is 4. The summed E-state index contributed by atoms with van der Waals surface area (Å²) in [6.45, 7) is 5.54. The molecule has 3 N–H and O–H groups in total. The van der Waals surface area contributed by atoms with Gasteiger partial charge in [0.05, 0.1) is 17.1 Å². The number of carbonyl (C=O) groups excluding carboxylic acids is 1. The highest BCUT2D eigenvalue weighted by molar-refractivity contribution is 6.31. The molecule has 1 saturated heterocycles. The SMILES string of the molecule is Cc1c2c([nH]c1=Cc1c(O)[nH]c3cccc(-c4cccc(Cl)c4F)c13)=NCC(CCN1CCCC1)C2=O. The van der Waals surface area contributed by atoms with Gasteiger partial charge in [-0.25, -0.2) is 4.39 Å². The van der Waals surface area contributed by atoms with Crippen LogP contribution in [0.15, 0.2) is 41.4 Å². The minimum atomic E-state index is -0.515. The lowest BCUT2D eigenvalue weighted by molar-refractivity contribution is 0.0900. The van der Waals surface area contributed by atoms with E-state index in [0.717, 1.165) is 31.6 Å². The van der Waals surface area contributed by atoms with E-state index in [2.05, 4.69) is 14.9 Å². The quantitative estimate of drug-likeness (QED) is 0.357. The number of H-pyrrole nitrogens is 2. The number of fused-ring (bicyclic) bond motifs is 2. The fourth-order valence-corrected chi connectivity index (χ4v) is 5.87. The highest BCUT2D eigenvalue weighted by Crippen LogP contribution is 2.38. The van der Waals surface area contributed by atoms with Gasteiger partial charge in [0, 0.05) is 33.3 Å². The Morgan fingerprint density at radius 1 is 1.16 bits per heavy atom. The number of nitrogens with zero attached hydrogens (tertiary/aromatic N) is 2. The Bertz CT molecular complexity index is 1650.